The Morgan fingerprint density at radius 2 is 2.06 bits per heavy atom. The van der Waals surface area contributed by atoms with Gasteiger partial charge in [-0.25, -0.2) is 8.42 Å². The molecule has 0 aromatic heterocycles. The van der Waals surface area contributed by atoms with Crippen LogP contribution in [-0.2, 0) is 9.84 Å². The first-order valence-corrected chi connectivity index (χ1v) is 7.15. The van der Waals surface area contributed by atoms with Crippen LogP contribution in [0.2, 0.25) is 0 Å². The summed E-state index contributed by atoms with van der Waals surface area (Å²) in [5.74, 6) is 0.464. The topological polar surface area (TPSA) is 89.6 Å². The van der Waals surface area contributed by atoms with E-state index in [1.54, 1.807) is 24.3 Å². The summed E-state index contributed by atoms with van der Waals surface area (Å²) in [4.78, 5) is 0. The minimum atomic E-state index is -3.15. The predicted molar refractivity (Wildman–Crippen MR) is 66.7 cm³/mol. The fourth-order valence-corrected chi connectivity index (χ4v) is 2.35. The lowest BCUT2D eigenvalue weighted by atomic mass is 10.3. The second-order valence-electron chi connectivity index (χ2n) is 3.65. The van der Waals surface area contributed by atoms with Crippen LogP contribution in [0, 0.1) is 0 Å². The zero-order valence-corrected chi connectivity index (χ0v) is 10.3. The van der Waals surface area contributed by atoms with Crippen molar-refractivity contribution in [2.24, 2.45) is 0 Å². The van der Waals surface area contributed by atoms with Gasteiger partial charge in [-0.2, -0.15) is 0 Å². The molecule has 0 amide bonds. The van der Waals surface area contributed by atoms with Gasteiger partial charge in [0, 0.05) is 11.8 Å². The molecule has 17 heavy (non-hydrogen) atoms. The van der Waals surface area contributed by atoms with Gasteiger partial charge in [0.25, 0.3) is 0 Å². The molecule has 0 bridgehead atoms. The van der Waals surface area contributed by atoms with Gasteiger partial charge >= 0.3 is 0 Å². The van der Waals surface area contributed by atoms with Crippen LogP contribution in [0.5, 0.6) is 5.75 Å². The van der Waals surface area contributed by atoms with Crippen molar-refractivity contribution in [2.45, 2.75) is 6.42 Å². The maximum absolute atomic E-state index is 11.3. The Kier molecular flexibility index (Phi) is 5.24. The average Bonchev–Trinajstić information content (AvgIpc) is 2.24. The third-order valence-corrected chi connectivity index (χ3v) is 3.84. The highest BCUT2D eigenvalue weighted by Crippen LogP contribution is 2.14. The van der Waals surface area contributed by atoms with E-state index in [9.17, 15) is 8.42 Å². The van der Waals surface area contributed by atoms with Crippen LogP contribution in [0.4, 0.5) is 5.69 Å². The smallest absolute Gasteiger partial charge is 0.152 e. The number of ether oxygens (including phenoxy) is 1. The van der Waals surface area contributed by atoms with Crippen molar-refractivity contribution in [3.05, 3.63) is 24.3 Å². The molecule has 6 heteroatoms. The SMILES string of the molecule is Nc1cccc(OCCCS(=O)(=O)CCO)c1. The molecule has 0 saturated carbocycles. The lowest BCUT2D eigenvalue weighted by Crippen LogP contribution is -2.15. The summed E-state index contributed by atoms with van der Waals surface area (Å²) in [5, 5.41) is 8.54. The number of rotatable bonds is 7. The fraction of sp³-hybridized carbons (Fsp3) is 0.455. The molecule has 1 aromatic rings. The number of nitrogens with two attached hydrogens (primary N) is 1. The summed E-state index contributed by atoms with van der Waals surface area (Å²) in [7, 11) is -3.15. The molecule has 0 unspecified atom stereocenters. The molecular weight excluding hydrogens is 242 g/mol. The van der Waals surface area contributed by atoms with Gasteiger partial charge in [-0.1, -0.05) is 6.07 Å². The largest absolute Gasteiger partial charge is 0.493 e. The van der Waals surface area contributed by atoms with E-state index in [0.29, 0.717) is 24.5 Å². The molecule has 0 aliphatic rings. The summed E-state index contributed by atoms with van der Waals surface area (Å²) in [6.45, 7) is -0.0213. The molecule has 0 atom stereocenters. The molecule has 0 saturated heterocycles. The molecule has 0 aliphatic carbocycles. The molecule has 5 nitrogen and oxygen atoms in total. The third kappa shape index (κ3) is 5.55. The zero-order valence-electron chi connectivity index (χ0n) is 9.50. The Bertz CT molecular complexity index is 445. The Labute approximate surface area is 101 Å². The molecule has 1 aromatic carbocycles. The zero-order chi connectivity index (χ0) is 12.7. The lowest BCUT2D eigenvalue weighted by molar-refractivity contribution is 0.314. The number of aliphatic hydroxyl groups is 1. The highest BCUT2D eigenvalue weighted by atomic mass is 32.2. The third-order valence-electron chi connectivity index (χ3n) is 2.13. The average molecular weight is 259 g/mol. The van der Waals surface area contributed by atoms with Crippen molar-refractivity contribution in [2.75, 3.05) is 30.5 Å². The van der Waals surface area contributed by atoms with Gasteiger partial charge in [-0.15, -0.1) is 0 Å². The second-order valence-corrected chi connectivity index (χ2v) is 5.95. The summed E-state index contributed by atoms with van der Waals surface area (Å²) in [6, 6.07) is 6.96. The van der Waals surface area contributed by atoms with Crippen LogP contribution < -0.4 is 10.5 Å². The number of benzene rings is 1. The molecule has 0 aliphatic heterocycles. The van der Waals surface area contributed by atoms with E-state index in [0.717, 1.165) is 0 Å². The van der Waals surface area contributed by atoms with E-state index in [1.807, 2.05) is 0 Å². The van der Waals surface area contributed by atoms with E-state index in [4.69, 9.17) is 15.6 Å². The summed E-state index contributed by atoms with van der Waals surface area (Å²) < 4.78 is 27.9. The molecule has 1 rings (SSSR count). The molecule has 0 heterocycles. The van der Waals surface area contributed by atoms with E-state index >= 15 is 0 Å². The first-order valence-electron chi connectivity index (χ1n) is 5.33. The Hall–Kier alpha value is -1.27. The first-order chi connectivity index (χ1) is 8.03. The highest BCUT2D eigenvalue weighted by Gasteiger charge is 2.09. The standard InChI is InChI=1S/C11H17NO4S/c12-10-3-1-4-11(9-10)16-6-2-7-17(14,15)8-5-13/h1,3-4,9,13H,2,5-8,12H2. The van der Waals surface area contributed by atoms with Gasteiger partial charge in [0.15, 0.2) is 9.84 Å². The van der Waals surface area contributed by atoms with Gasteiger partial charge in [0.2, 0.25) is 0 Å². The molecule has 0 radical (unpaired) electrons. The first kappa shape index (κ1) is 13.8. The minimum absolute atomic E-state index is 0.0237. The predicted octanol–water partition coefficient (Wildman–Crippen LogP) is 0.445. The monoisotopic (exact) mass is 259 g/mol. The van der Waals surface area contributed by atoms with Gasteiger partial charge in [-0.05, 0) is 18.6 Å². The molecule has 3 N–H and O–H groups in total. The molecule has 96 valence electrons. The normalized spacial score (nSPS) is 11.4. The Morgan fingerprint density at radius 1 is 1.29 bits per heavy atom. The van der Waals surface area contributed by atoms with Crippen LogP contribution in [0.25, 0.3) is 0 Å². The highest BCUT2D eigenvalue weighted by molar-refractivity contribution is 7.91. The summed E-state index contributed by atoms with van der Waals surface area (Å²) >= 11 is 0. The van der Waals surface area contributed by atoms with E-state index in [2.05, 4.69) is 0 Å². The van der Waals surface area contributed by atoms with Crippen molar-refractivity contribution >= 4 is 15.5 Å². The fourth-order valence-electron chi connectivity index (χ4n) is 1.31. The molecule has 0 fully saturated rings. The van der Waals surface area contributed by atoms with E-state index in [1.165, 1.54) is 0 Å². The van der Waals surface area contributed by atoms with Gasteiger partial charge in [0.1, 0.15) is 5.75 Å². The van der Waals surface area contributed by atoms with Crippen molar-refractivity contribution in [1.82, 2.24) is 0 Å². The summed E-state index contributed by atoms with van der Waals surface area (Å²) in [5.41, 5.74) is 6.17. The molecular formula is C11H17NO4S. The van der Waals surface area contributed by atoms with Gasteiger partial charge in [0.05, 0.1) is 24.7 Å². The maximum atomic E-state index is 11.3. The van der Waals surface area contributed by atoms with E-state index < -0.39 is 9.84 Å². The summed E-state index contributed by atoms with van der Waals surface area (Å²) in [6.07, 6.45) is 0.400. The van der Waals surface area contributed by atoms with Crippen molar-refractivity contribution in [1.29, 1.82) is 0 Å². The van der Waals surface area contributed by atoms with Crippen molar-refractivity contribution in [3.8, 4) is 5.75 Å². The lowest BCUT2D eigenvalue weighted by Gasteiger charge is -2.06. The number of hydrogen-bond acceptors (Lipinski definition) is 5. The number of anilines is 1. The number of sulfone groups is 1. The Balaban J connectivity index is 2.29. The van der Waals surface area contributed by atoms with Crippen molar-refractivity contribution < 1.29 is 18.3 Å². The minimum Gasteiger partial charge on any atom is -0.493 e. The quantitative estimate of drug-likeness (QED) is 0.548. The number of nitrogen functional groups attached to an aromatic ring is 1. The maximum Gasteiger partial charge on any atom is 0.152 e. The van der Waals surface area contributed by atoms with Gasteiger partial charge in [-0.3, -0.25) is 0 Å². The second kappa shape index (κ2) is 6.46. The number of aliphatic hydroxyl groups excluding tert-OH is 1. The van der Waals surface area contributed by atoms with Gasteiger partial charge < -0.3 is 15.6 Å². The molecule has 0 spiro atoms. The van der Waals surface area contributed by atoms with Crippen LogP contribution in [0.3, 0.4) is 0 Å². The van der Waals surface area contributed by atoms with Crippen LogP contribution >= 0.6 is 0 Å². The Morgan fingerprint density at radius 3 is 2.71 bits per heavy atom. The van der Waals surface area contributed by atoms with Crippen LogP contribution in [-0.4, -0.2) is 38.2 Å². The van der Waals surface area contributed by atoms with Crippen LogP contribution in [0.1, 0.15) is 6.42 Å². The van der Waals surface area contributed by atoms with Crippen molar-refractivity contribution in [3.63, 3.8) is 0 Å². The van der Waals surface area contributed by atoms with E-state index in [-0.39, 0.29) is 18.1 Å². The van der Waals surface area contributed by atoms with Crippen LogP contribution in [0.15, 0.2) is 24.3 Å². The number of hydrogen-bond donors (Lipinski definition) is 2.